The summed E-state index contributed by atoms with van der Waals surface area (Å²) < 4.78 is 29.6. The molecule has 0 radical (unpaired) electrons. The van der Waals surface area contributed by atoms with Crippen molar-refractivity contribution in [2.75, 3.05) is 10.8 Å². The molecule has 0 bridgehead atoms. The maximum atomic E-state index is 14.0. The van der Waals surface area contributed by atoms with E-state index in [-0.39, 0.29) is 29.1 Å². The minimum Gasteiger partial charge on any atom is -0.352 e. The summed E-state index contributed by atoms with van der Waals surface area (Å²) in [5.74, 6) is -0.797. The summed E-state index contributed by atoms with van der Waals surface area (Å²) in [6.45, 7) is 1.25. The number of carbonyl (C=O) groups is 2. The second-order valence-electron chi connectivity index (χ2n) is 10.1. The highest BCUT2D eigenvalue weighted by atomic mass is 79.9. The first kappa shape index (κ1) is 31.3. The number of sulfonamides is 1. The molecule has 1 unspecified atom stereocenters. The number of amides is 2. The van der Waals surface area contributed by atoms with Crippen LogP contribution in [0.4, 0.5) is 5.69 Å². The van der Waals surface area contributed by atoms with Crippen molar-refractivity contribution in [3.63, 3.8) is 0 Å². The van der Waals surface area contributed by atoms with Crippen LogP contribution in [0.1, 0.15) is 44.6 Å². The van der Waals surface area contributed by atoms with Gasteiger partial charge >= 0.3 is 0 Å². The molecule has 2 amide bonds. The number of carbonyl (C=O) groups excluding carboxylic acids is 2. The number of nitrogens with zero attached hydrogens (tertiary/aromatic N) is 2. The minimum absolute atomic E-state index is 0.0303. The molecule has 1 aliphatic carbocycles. The standard InChI is InChI=1S/C30H32BrCl2N3O4S/c1-21(30(38)34-26-7-3-2-4-8-26)35(19-22-10-12-23(31)13-11-22)29(37)20-36(27-9-5-6-25(33)18-27)41(39,40)28-16-14-24(32)15-17-28/h5-6,9-18,21,26H,2-4,7-8,19-20H2,1H3,(H,34,38). The lowest BCUT2D eigenvalue weighted by Gasteiger charge is -2.33. The van der Waals surface area contributed by atoms with Gasteiger partial charge in [-0.15, -0.1) is 0 Å². The molecular formula is C30H32BrCl2N3O4S. The van der Waals surface area contributed by atoms with E-state index in [0.717, 1.165) is 46.4 Å². The molecule has 41 heavy (non-hydrogen) atoms. The van der Waals surface area contributed by atoms with E-state index in [1.54, 1.807) is 25.1 Å². The monoisotopic (exact) mass is 679 g/mol. The second kappa shape index (κ2) is 14.1. The molecule has 4 rings (SSSR count). The van der Waals surface area contributed by atoms with Gasteiger partial charge in [-0.1, -0.05) is 76.6 Å². The Morgan fingerprint density at radius 1 is 0.951 bits per heavy atom. The molecule has 1 atom stereocenters. The molecule has 0 aromatic heterocycles. The second-order valence-corrected chi connectivity index (χ2v) is 13.8. The number of hydrogen-bond donors (Lipinski definition) is 1. The third-order valence-corrected chi connectivity index (χ3v) is 9.97. The Bertz CT molecular complexity index is 1460. The van der Waals surface area contributed by atoms with E-state index < -0.39 is 28.5 Å². The Hall–Kier alpha value is -2.59. The van der Waals surface area contributed by atoms with Crippen LogP contribution in [0.2, 0.25) is 10.0 Å². The van der Waals surface area contributed by atoms with Crippen molar-refractivity contribution in [2.45, 2.75) is 62.6 Å². The Kier molecular flexibility index (Phi) is 10.7. The lowest BCUT2D eigenvalue weighted by molar-refractivity contribution is -0.139. The zero-order chi connectivity index (χ0) is 29.6. The maximum Gasteiger partial charge on any atom is 0.264 e. The summed E-state index contributed by atoms with van der Waals surface area (Å²) in [4.78, 5) is 28.8. The van der Waals surface area contributed by atoms with Gasteiger partial charge in [0, 0.05) is 27.1 Å². The van der Waals surface area contributed by atoms with Crippen LogP contribution in [-0.4, -0.2) is 43.8 Å². The summed E-state index contributed by atoms with van der Waals surface area (Å²) in [5, 5.41) is 3.80. The number of hydrogen-bond acceptors (Lipinski definition) is 4. The van der Waals surface area contributed by atoms with Crippen LogP contribution >= 0.6 is 39.1 Å². The quantitative estimate of drug-likeness (QED) is 0.255. The molecule has 7 nitrogen and oxygen atoms in total. The van der Waals surface area contributed by atoms with Gasteiger partial charge in [0.1, 0.15) is 12.6 Å². The first-order chi connectivity index (χ1) is 19.5. The van der Waals surface area contributed by atoms with E-state index in [1.807, 2.05) is 24.3 Å². The maximum absolute atomic E-state index is 14.0. The Morgan fingerprint density at radius 3 is 2.24 bits per heavy atom. The average Bonchev–Trinajstić information content (AvgIpc) is 2.95. The molecule has 0 spiro atoms. The van der Waals surface area contributed by atoms with Gasteiger partial charge in [0.25, 0.3) is 10.0 Å². The first-order valence-corrected chi connectivity index (χ1v) is 16.4. The third-order valence-electron chi connectivity index (χ3n) is 7.16. The van der Waals surface area contributed by atoms with Gasteiger partial charge in [0.15, 0.2) is 0 Å². The van der Waals surface area contributed by atoms with Crippen molar-refractivity contribution in [1.29, 1.82) is 0 Å². The fourth-order valence-electron chi connectivity index (χ4n) is 4.83. The van der Waals surface area contributed by atoms with Crippen LogP contribution in [0.3, 0.4) is 0 Å². The van der Waals surface area contributed by atoms with E-state index in [4.69, 9.17) is 23.2 Å². The number of benzene rings is 3. The van der Waals surface area contributed by atoms with Gasteiger partial charge in [-0.25, -0.2) is 8.42 Å². The molecule has 11 heteroatoms. The molecular weight excluding hydrogens is 649 g/mol. The van der Waals surface area contributed by atoms with E-state index >= 15 is 0 Å². The summed E-state index contributed by atoms with van der Waals surface area (Å²) in [6, 6.07) is 18.7. The highest BCUT2D eigenvalue weighted by Gasteiger charge is 2.33. The topological polar surface area (TPSA) is 86.8 Å². The number of anilines is 1. The first-order valence-electron chi connectivity index (χ1n) is 13.4. The highest BCUT2D eigenvalue weighted by molar-refractivity contribution is 9.10. The van der Waals surface area contributed by atoms with Crippen molar-refractivity contribution in [3.8, 4) is 0 Å². The lowest BCUT2D eigenvalue weighted by Crippen LogP contribution is -2.53. The van der Waals surface area contributed by atoms with Crippen LogP contribution in [0.5, 0.6) is 0 Å². The van der Waals surface area contributed by atoms with E-state index in [1.165, 1.54) is 35.2 Å². The lowest BCUT2D eigenvalue weighted by atomic mass is 9.95. The van der Waals surface area contributed by atoms with Crippen molar-refractivity contribution in [2.24, 2.45) is 0 Å². The zero-order valence-electron chi connectivity index (χ0n) is 22.6. The summed E-state index contributed by atoms with van der Waals surface area (Å²) >= 11 is 15.6. The van der Waals surface area contributed by atoms with Crippen molar-refractivity contribution < 1.29 is 18.0 Å². The van der Waals surface area contributed by atoms with Crippen molar-refractivity contribution >= 4 is 66.7 Å². The van der Waals surface area contributed by atoms with E-state index in [9.17, 15) is 18.0 Å². The number of rotatable bonds is 10. The Labute approximate surface area is 260 Å². The minimum atomic E-state index is -4.20. The van der Waals surface area contributed by atoms with Gasteiger partial charge in [0.05, 0.1) is 10.6 Å². The Morgan fingerprint density at radius 2 is 1.61 bits per heavy atom. The van der Waals surface area contributed by atoms with Crippen LogP contribution in [0.15, 0.2) is 82.2 Å². The predicted molar refractivity (Wildman–Crippen MR) is 167 cm³/mol. The summed E-state index contributed by atoms with van der Waals surface area (Å²) in [6.07, 6.45) is 5.07. The number of halogens is 3. The molecule has 3 aromatic carbocycles. The zero-order valence-corrected chi connectivity index (χ0v) is 26.5. The third kappa shape index (κ3) is 8.25. The highest BCUT2D eigenvalue weighted by Crippen LogP contribution is 2.28. The molecule has 1 saturated carbocycles. The molecule has 1 fully saturated rings. The van der Waals surface area contributed by atoms with Crippen LogP contribution < -0.4 is 9.62 Å². The van der Waals surface area contributed by atoms with Gasteiger partial charge in [-0.05, 0) is 79.9 Å². The number of nitrogens with one attached hydrogen (secondary N) is 1. The van der Waals surface area contributed by atoms with Gasteiger partial charge in [-0.2, -0.15) is 0 Å². The largest absolute Gasteiger partial charge is 0.352 e. The molecule has 3 aromatic rings. The molecule has 218 valence electrons. The van der Waals surface area contributed by atoms with Gasteiger partial charge in [-0.3, -0.25) is 13.9 Å². The van der Waals surface area contributed by atoms with Crippen LogP contribution in [0.25, 0.3) is 0 Å². The van der Waals surface area contributed by atoms with Crippen LogP contribution in [-0.2, 0) is 26.2 Å². The average molecular weight is 681 g/mol. The summed E-state index contributed by atoms with van der Waals surface area (Å²) in [5.41, 5.74) is 1.03. The van der Waals surface area contributed by atoms with Crippen molar-refractivity contribution in [1.82, 2.24) is 10.2 Å². The predicted octanol–water partition coefficient (Wildman–Crippen LogP) is 6.82. The van der Waals surface area contributed by atoms with Crippen molar-refractivity contribution in [3.05, 3.63) is 92.9 Å². The van der Waals surface area contributed by atoms with E-state index in [0.29, 0.717) is 10.0 Å². The molecule has 0 saturated heterocycles. The molecule has 1 aliphatic rings. The fourth-order valence-corrected chi connectivity index (χ4v) is 6.81. The molecule has 0 heterocycles. The van der Waals surface area contributed by atoms with Crippen LogP contribution in [0, 0.1) is 0 Å². The van der Waals surface area contributed by atoms with Gasteiger partial charge in [0.2, 0.25) is 11.8 Å². The smallest absolute Gasteiger partial charge is 0.264 e. The molecule has 0 aliphatic heterocycles. The summed E-state index contributed by atoms with van der Waals surface area (Å²) in [7, 11) is -4.20. The SMILES string of the molecule is CC(C(=O)NC1CCCCC1)N(Cc1ccc(Br)cc1)C(=O)CN(c1cccc(Cl)c1)S(=O)(=O)c1ccc(Cl)cc1. The van der Waals surface area contributed by atoms with E-state index in [2.05, 4.69) is 21.2 Å². The molecule has 1 N–H and O–H groups in total. The fraction of sp³-hybridized carbons (Fsp3) is 0.333. The normalized spacial score (nSPS) is 14.7. The Balaban J connectivity index is 1.67. The van der Waals surface area contributed by atoms with Gasteiger partial charge < -0.3 is 10.2 Å².